The molecule has 0 saturated carbocycles. The van der Waals surface area contributed by atoms with Crippen LogP contribution in [0.4, 0.5) is 0 Å². The van der Waals surface area contributed by atoms with Gasteiger partial charge in [0.25, 0.3) is 0 Å². The second-order valence-electron chi connectivity index (χ2n) is 3.51. The molecule has 0 unspecified atom stereocenters. The molecule has 1 rings (SSSR count). The van der Waals surface area contributed by atoms with Gasteiger partial charge in [0.15, 0.2) is 0 Å². The number of rotatable bonds is 3. The highest BCUT2D eigenvalue weighted by atomic mass is 16.5. The molecular formula is C9H17NO3. The molecule has 76 valence electrons. The smallest absolute Gasteiger partial charge is 0.320 e. The summed E-state index contributed by atoms with van der Waals surface area (Å²) < 4.78 is 5.22. The van der Waals surface area contributed by atoms with Crippen molar-refractivity contribution in [1.82, 2.24) is 4.90 Å². The molecule has 0 aliphatic carbocycles. The normalized spacial score (nSPS) is 27.1. The number of carboxylic acids is 1. The number of hydrogen-bond donors (Lipinski definition) is 1. The maximum absolute atomic E-state index is 10.7. The fourth-order valence-electron chi connectivity index (χ4n) is 1.67. The Balaban J connectivity index is 2.46. The minimum Gasteiger partial charge on any atom is -0.480 e. The molecule has 0 spiro atoms. The predicted molar refractivity (Wildman–Crippen MR) is 48.7 cm³/mol. The Morgan fingerprint density at radius 3 is 2.92 bits per heavy atom. The maximum Gasteiger partial charge on any atom is 0.320 e. The summed E-state index contributed by atoms with van der Waals surface area (Å²) in [4.78, 5) is 12.7. The van der Waals surface area contributed by atoms with Gasteiger partial charge in [-0.1, -0.05) is 0 Å². The number of hydrogen-bond acceptors (Lipinski definition) is 3. The van der Waals surface area contributed by atoms with Crippen molar-refractivity contribution in [2.45, 2.75) is 31.9 Å². The second-order valence-corrected chi connectivity index (χ2v) is 3.51. The van der Waals surface area contributed by atoms with Crippen LogP contribution >= 0.6 is 0 Å². The van der Waals surface area contributed by atoms with Crippen LogP contribution in [0.2, 0.25) is 0 Å². The Morgan fingerprint density at radius 1 is 1.69 bits per heavy atom. The number of piperidine rings is 1. The topological polar surface area (TPSA) is 49.8 Å². The summed E-state index contributed by atoms with van der Waals surface area (Å²) in [6, 6.07) is -0.391. The molecule has 1 aliphatic heterocycles. The van der Waals surface area contributed by atoms with Crippen LogP contribution in [-0.4, -0.2) is 48.3 Å². The Morgan fingerprint density at radius 2 is 2.38 bits per heavy atom. The summed E-state index contributed by atoms with van der Waals surface area (Å²) in [7, 11) is 1.68. The average molecular weight is 187 g/mol. The van der Waals surface area contributed by atoms with Crippen molar-refractivity contribution in [3.8, 4) is 0 Å². The zero-order valence-corrected chi connectivity index (χ0v) is 8.19. The van der Waals surface area contributed by atoms with Gasteiger partial charge in [-0.05, 0) is 26.3 Å². The van der Waals surface area contributed by atoms with Crippen molar-refractivity contribution < 1.29 is 14.6 Å². The van der Waals surface area contributed by atoms with Crippen molar-refractivity contribution in [3.63, 3.8) is 0 Å². The third-order valence-corrected chi connectivity index (χ3v) is 2.65. The Kier molecular flexibility index (Phi) is 3.69. The number of carbonyl (C=O) groups is 1. The van der Waals surface area contributed by atoms with Gasteiger partial charge in [0, 0.05) is 13.7 Å². The Hall–Kier alpha value is -0.610. The van der Waals surface area contributed by atoms with Crippen LogP contribution < -0.4 is 0 Å². The first-order chi connectivity index (χ1) is 6.15. The van der Waals surface area contributed by atoms with E-state index in [4.69, 9.17) is 9.84 Å². The monoisotopic (exact) mass is 187 g/mol. The van der Waals surface area contributed by atoms with Crippen molar-refractivity contribution in [2.24, 2.45) is 0 Å². The number of aliphatic carboxylic acids is 1. The van der Waals surface area contributed by atoms with Gasteiger partial charge in [-0.2, -0.15) is 0 Å². The number of carboxylic acid groups (broad SMARTS) is 1. The van der Waals surface area contributed by atoms with Crippen LogP contribution in [0.3, 0.4) is 0 Å². The molecule has 1 N–H and O–H groups in total. The molecule has 1 heterocycles. The first-order valence-electron chi connectivity index (χ1n) is 4.64. The highest BCUT2D eigenvalue weighted by Gasteiger charge is 2.26. The lowest BCUT2D eigenvalue weighted by Crippen LogP contribution is -2.47. The largest absolute Gasteiger partial charge is 0.480 e. The predicted octanol–water partition coefficient (Wildman–Crippen LogP) is 0.570. The molecule has 1 fully saturated rings. The SMILES string of the molecule is CO[C@@H]1CCCN([C@@H](C)C(=O)O)C1. The lowest BCUT2D eigenvalue weighted by atomic mass is 10.1. The highest BCUT2D eigenvalue weighted by Crippen LogP contribution is 2.14. The van der Waals surface area contributed by atoms with Crippen molar-refractivity contribution >= 4 is 5.97 Å². The first kappa shape index (κ1) is 10.5. The second kappa shape index (κ2) is 4.58. The van der Waals surface area contributed by atoms with E-state index in [1.165, 1.54) is 0 Å². The highest BCUT2D eigenvalue weighted by molar-refractivity contribution is 5.72. The van der Waals surface area contributed by atoms with Gasteiger partial charge in [-0.25, -0.2) is 0 Å². The summed E-state index contributed by atoms with van der Waals surface area (Å²) in [5, 5.41) is 8.81. The Bertz CT molecular complexity index is 184. The lowest BCUT2D eigenvalue weighted by molar-refractivity contribution is -0.143. The molecule has 2 atom stereocenters. The zero-order chi connectivity index (χ0) is 9.84. The van der Waals surface area contributed by atoms with Gasteiger partial charge in [-0.15, -0.1) is 0 Å². The summed E-state index contributed by atoms with van der Waals surface area (Å²) in [6.07, 6.45) is 2.27. The molecule has 0 amide bonds. The number of nitrogens with zero attached hydrogens (tertiary/aromatic N) is 1. The van der Waals surface area contributed by atoms with Crippen molar-refractivity contribution in [1.29, 1.82) is 0 Å². The van der Waals surface area contributed by atoms with Gasteiger partial charge in [0.2, 0.25) is 0 Å². The molecule has 0 radical (unpaired) electrons. The minimum atomic E-state index is -0.753. The molecule has 13 heavy (non-hydrogen) atoms. The Labute approximate surface area is 78.5 Å². The third-order valence-electron chi connectivity index (χ3n) is 2.65. The fraction of sp³-hybridized carbons (Fsp3) is 0.889. The van der Waals surface area contributed by atoms with Crippen LogP contribution in [0.1, 0.15) is 19.8 Å². The van der Waals surface area contributed by atoms with Crippen molar-refractivity contribution in [3.05, 3.63) is 0 Å². The van der Waals surface area contributed by atoms with Crippen molar-refractivity contribution in [2.75, 3.05) is 20.2 Å². The molecular weight excluding hydrogens is 170 g/mol. The first-order valence-corrected chi connectivity index (χ1v) is 4.64. The van der Waals surface area contributed by atoms with E-state index in [0.29, 0.717) is 0 Å². The zero-order valence-electron chi connectivity index (χ0n) is 8.19. The maximum atomic E-state index is 10.7. The molecule has 0 aromatic rings. The molecule has 0 aromatic heterocycles. The summed E-state index contributed by atoms with van der Waals surface area (Å²) in [6.45, 7) is 3.33. The van der Waals surface area contributed by atoms with E-state index in [1.807, 2.05) is 4.90 Å². The third kappa shape index (κ3) is 2.67. The van der Waals surface area contributed by atoms with Gasteiger partial charge < -0.3 is 9.84 Å². The average Bonchev–Trinajstić information content (AvgIpc) is 2.16. The van der Waals surface area contributed by atoms with Gasteiger partial charge in [0.05, 0.1) is 6.10 Å². The molecule has 4 heteroatoms. The van der Waals surface area contributed by atoms with E-state index < -0.39 is 12.0 Å². The fourth-order valence-corrected chi connectivity index (χ4v) is 1.67. The van der Waals surface area contributed by atoms with Gasteiger partial charge >= 0.3 is 5.97 Å². The van der Waals surface area contributed by atoms with Crippen LogP contribution in [0.25, 0.3) is 0 Å². The van der Waals surface area contributed by atoms with E-state index in [9.17, 15) is 4.79 Å². The van der Waals surface area contributed by atoms with E-state index in [-0.39, 0.29) is 6.10 Å². The lowest BCUT2D eigenvalue weighted by Gasteiger charge is -2.34. The summed E-state index contributed by atoms with van der Waals surface area (Å²) in [5.74, 6) is -0.753. The number of likely N-dealkylation sites (tertiary alicyclic amines) is 1. The molecule has 1 aliphatic rings. The van der Waals surface area contributed by atoms with Crippen LogP contribution in [0, 0.1) is 0 Å². The quantitative estimate of drug-likeness (QED) is 0.701. The van der Waals surface area contributed by atoms with Crippen LogP contribution in [-0.2, 0) is 9.53 Å². The summed E-state index contributed by atoms with van der Waals surface area (Å²) >= 11 is 0. The molecule has 1 saturated heterocycles. The molecule has 0 aromatic carbocycles. The van der Waals surface area contributed by atoms with E-state index in [2.05, 4.69) is 0 Å². The number of methoxy groups -OCH3 is 1. The van der Waals surface area contributed by atoms with Crippen LogP contribution in [0.5, 0.6) is 0 Å². The molecule has 4 nitrogen and oxygen atoms in total. The van der Waals surface area contributed by atoms with E-state index >= 15 is 0 Å². The van der Waals surface area contributed by atoms with E-state index in [1.54, 1.807) is 14.0 Å². The van der Waals surface area contributed by atoms with Gasteiger partial charge in [-0.3, -0.25) is 9.69 Å². The standard InChI is InChI=1S/C9H17NO3/c1-7(9(11)12)10-5-3-4-8(6-10)13-2/h7-8H,3-6H2,1-2H3,(H,11,12)/t7-,8+/m0/s1. The van der Waals surface area contributed by atoms with Crippen LogP contribution in [0.15, 0.2) is 0 Å². The minimum absolute atomic E-state index is 0.204. The van der Waals surface area contributed by atoms with E-state index in [0.717, 1.165) is 25.9 Å². The van der Waals surface area contributed by atoms with Gasteiger partial charge in [0.1, 0.15) is 6.04 Å². The number of ether oxygens (including phenoxy) is 1. The summed E-state index contributed by atoms with van der Waals surface area (Å²) in [5.41, 5.74) is 0. The molecule has 0 bridgehead atoms.